The molecule has 1 saturated carbocycles. The highest BCUT2D eigenvalue weighted by molar-refractivity contribution is 7.85. The van der Waals surface area contributed by atoms with Gasteiger partial charge < -0.3 is 15.3 Å². The summed E-state index contributed by atoms with van der Waals surface area (Å²) in [6.07, 6.45) is 3.20. The van der Waals surface area contributed by atoms with E-state index in [1.54, 1.807) is 0 Å². The lowest BCUT2D eigenvalue weighted by atomic mass is 9.77. The van der Waals surface area contributed by atoms with Gasteiger partial charge in [0.05, 0.1) is 45.8 Å². The van der Waals surface area contributed by atoms with Gasteiger partial charge >= 0.3 is 0 Å². The molecule has 1 aliphatic carbocycles. The topological polar surface area (TPSA) is 65.5 Å². The normalized spacial score (nSPS) is 26.9. The van der Waals surface area contributed by atoms with Crippen LogP contribution in [0.1, 0.15) is 42.9 Å². The molecule has 0 bridgehead atoms. The van der Waals surface area contributed by atoms with Gasteiger partial charge in [0, 0.05) is 35.7 Å². The zero-order chi connectivity index (χ0) is 21.6. The molecule has 8 heteroatoms. The maximum absolute atomic E-state index is 15.2. The molecule has 0 spiro atoms. The SMILES string of the molecule is O=S1CCc2nc(N3CCC(c4ccc(Cl)cc4)C(F)C3)cc(NC3(CO)CCC3)c21. The predicted molar refractivity (Wildman–Crippen MR) is 122 cm³/mol. The number of benzene rings is 1. The smallest absolute Gasteiger partial charge is 0.131 e. The molecule has 5 nitrogen and oxygen atoms in total. The van der Waals surface area contributed by atoms with Crippen LogP contribution in [0.2, 0.25) is 5.02 Å². The monoisotopic (exact) mass is 463 g/mol. The highest BCUT2D eigenvalue weighted by Crippen LogP contribution is 2.41. The van der Waals surface area contributed by atoms with Crippen LogP contribution in [0.25, 0.3) is 0 Å². The lowest BCUT2D eigenvalue weighted by Gasteiger charge is -2.42. The summed E-state index contributed by atoms with van der Waals surface area (Å²) in [6.45, 7) is 1.02. The van der Waals surface area contributed by atoms with Crippen molar-refractivity contribution in [3.8, 4) is 0 Å². The quantitative estimate of drug-likeness (QED) is 0.700. The largest absolute Gasteiger partial charge is 0.394 e. The Bertz CT molecular complexity index is 994. The molecule has 5 rings (SSSR count). The number of halogens is 2. The van der Waals surface area contributed by atoms with Gasteiger partial charge in [0.25, 0.3) is 0 Å². The fraction of sp³-hybridized carbons (Fsp3) is 0.522. The van der Waals surface area contributed by atoms with Crippen molar-refractivity contribution in [2.24, 2.45) is 0 Å². The number of aliphatic hydroxyl groups is 1. The number of hydrogen-bond acceptors (Lipinski definition) is 5. The summed E-state index contributed by atoms with van der Waals surface area (Å²) in [5.41, 5.74) is 2.26. The number of nitrogens with zero attached hydrogens (tertiary/aromatic N) is 2. The Hall–Kier alpha value is -1.70. The Morgan fingerprint density at radius 2 is 2.10 bits per heavy atom. The van der Waals surface area contributed by atoms with Crippen LogP contribution in [0.15, 0.2) is 35.2 Å². The number of hydrogen-bond donors (Lipinski definition) is 2. The molecule has 2 fully saturated rings. The molecule has 0 amide bonds. The molecule has 3 heterocycles. The van der Waals surface area contributed by atoms with Gasteiger partial charge in [-0.2, -0.15) is 0 Å². The van der Waals surface area contributed by atoms with Crippen molar-refractivity contribution in [2.45, 2.75) is 54.6 Å². The first-order valence-electron chi connectivity index (χ1n) is 10.9. The van der Waals surface area contributed by atoms with E-state index in [9.17, 15) is 9.32 Å². The lowest BCUT2D eigenvalue weighted by molar-refractivity contribution is 0.144. The van der Waals surface area contributed by atoms with Crippen LogP contribution in [-0.4, -0.2) is 51.5 Å². The van der Waals surface area contributed by atoms with Crippen LogP contribution < -0.4 is 10.2 Å². The van der Waals surface area contributed by atoms with E-state index in [2.05, 4.69) is 5.32 Å². The van der Waals surface area contributed by atoms with Crippen molar-refractivity contribution in [3.63, 3.8) is 0 Å². The Morgan fingerprint density at radius 1 is 1.32 bits per heavy atom. The third-order valence-electron chi connectivity index (χ3n) is 6.96. The van der Waals surface area contributed by atoms with Crippen LogP contribution in [0.3, 0.4) is 0 Å². The van der Waals surface area contributed by atoms with Crippen molar-refractivity contribution in [1.29, 1.82) is 0 Å². The average molecular weight is 464 g/mol. The Kier molecular flexibility index (Phi) is 5.69. The third-order valence-corrected chi connectivity index (χ3v) is 8.70. The minimum Gasteiger partial charge on any atom is -0.394 e. The minimum absolute atomic E-state index is 0.0467. The molecule has 2 aromatic rings. The second-order valence-corrected chi connectivity index (χ2v) is 10.9. The standard InChI is InChI=1S/C23H27ClFN3O2S/c24-16-4-2-15(3-5-16)17-6-10-28(13-18(17)25)21-12-20(27-23(14-29)8-1-9-23)22-19(26-21)7-11-31(22)30/h2-5,12,17-18,29H,1,6-11,13-14H2,(H,26,27). The summed E-state index contributed by atoms with van der Waals surface area (Å²) in [7, 11) is -1.09. The van der Waals surface area contributed by atoms with Crippen molar-refractivity contribution < 1.29 is 13.7 Å². The minimum atomic E-state index is -1.09. The van der Waals surface area contributed by atoms with Crippen LogP contribution in [0, 0.1) is 0 Å². The summed E-state index contributed by atoms with van der Waals surface area (Å²) < 4.78 is 27.8. The molecule has 1 aromatic heterocycles. The number of fused-ring (bicyclic) bond motifs is 1. The first-order valence-corrected chi connectivity index (χ1v) is 12.6. The van der Waals surface area contributed by atoms with Gasteiger partial charge in [-0.15, -0.1) is 0 Å². The van der Waals surface area contributed by atoms with E-state index in [0.29, 0.717) is 30.2 Å². The van der Waals surface area contributed by atoms with Crippen molar-refractivity contribution in [3.05, 3.63) is 46.6 Å². The van der Waals surface area contributed by atoms with Crippen LogP contribution in [-0.2, 0) is 17.2 Å². The fourth-order valence-corrected chi connectivity index (χ4v) is 6.43. The molecule has 1 saturated heterocycles. The number of anilines is 2. The molecule has 3 aliphatic rings. The van der Waals surface area contributed by atoms with Gasteiger partial charge in [0.1, 0.15) is 12.0 Å². The Morgan fingerprint density at radius 3 is 2.74 bits per heavy atom. The molecule has 0 radical (unpaired) electrons. The van der Waals surface area contributed by atoms with Gasteiger partial charge in [0.2, 0.25) is 0 Å². The molecule has 2 aliphatic heterocycles. The number of alkyl halides is 1. The first kappa shape index (κ1) is 21.2. The molecule has 3 unspecified atom stereocenters. The van der Waals surface area contributed by atoms with Crippen molar-refractivity contribution >= 4 is 33.9 Å². The molecule has 1 aromatic carbocycles. The van der Waals surface area contributed by atoms with Crippen molar-refractivity contribution in [2.75, 3.05) is 35.7 Å². The van der Waals surface area contributed by atoms with Crippen molar-refractivity contribution in [1.82, 2.24) is 4.98 Å². The maximum atomic E-state index is 15.2. The highest BCUT2D eigenvalue weighted by atomic mass is 35.5. The van der Waals surface area contributed by atoms with E-state index in [0.717, 1.165) is 46.9 Å². The van der Waals surface area contributed by atoms with E-state index in [1.165, 1.54) is 0 Å². The van der Waals surface area contributed by atoms with E-state index in [4.69, 9.17) is 16.6 Å². The highest BCUT2D eigenvalue weighted by Gasteiger charge is 2.39. The second kappa shape index (κ2) is 8.34. The van der Waals surface area contributed by atoms with Crippen LogP contribution >= 0.6 is 11.6 Å². The number of nitrogens with one attached hydrogen (secondary N) is 1. The molecular weight excluding hydrogens is 437 g/mol. The van der Waals surface area contributed by atoms with E-state index < -0.39 is 17.0 Å². The molecule has 2 N–H and O–H groups in total. The van der Waals surface area contributed by atoms with E-state index in [-0.39, 0.29) is 24.6 Å². The zero-order valence-corrected chi connectivity index (χ0v) is 18.9. The maximum Gasteiger partial charge on any atom is 0.131 e. The number of aryl methyl sites for hydroxylation is 1. The number of aliphatic hydroxyl groups excluding tert-OH is 1. The number of pyridine rings is 1. The summed E-state index contributed by atoms with van der Waals surface area (Å²) >= 11 is 5.98. The van der Waals surface area contributed by atoms with Gasteiger partial charge in [-0.05, 0) is 43.4 Å². The third kappa shape index (κ3) is 3.96. The molecule has 3 atom stereocenters. The summed E-state index contributed by atoms with van der Waals surface area (Å²) in [4.78, 5) is 7.53. The van der Waals surface area contributed by atoms with Gasteiger partial charge in [0.15, 0.2) is 0 Å². The number of aromatic nitrogens is 1. The summed E-state index contributed by atoms with van der Waals surface area (Å²) in [5, 5.41) is 14.0. The van der Waals surface area contributed by atoms with E-state index >= 15 is 4.39 Å². The fourth-order valence-electron chi connectivity index (χ4n) is 4.95. The Balaban J connectivity index is 1.40. The Labute approximate surface area is 189 Å². The lowest BCUT2D eigenvalue weighted by Crippen LogP contribution is -2.48. The van der Waals surface area contributed by atoms with Gasteiger partial charge in [-0.3, -0.25) is 4.21 Å². The molecule has 166 valence electrons. The molecule has 31 heavy (non-hydrogen) atoms. The average Bonchev–Trinajstić information content (AvgIpc) is 3.12. The first-order chi connectivity index (χ1) is 15.0. The van der Waals surface area contributed by atoms with E-state index in [1.807, 2.05) is 35.2 Å². The predicted octanol–water partition coefficient (Wildman–Crippen LogP) is 4.06. The van der Waals surface area contributed by atoms with Gasteiger partial charge in [-0.1, -0.05) is 23.7 Å². The number of piperidine rings is 1. The van der Waals surface area contributed by atoms with Gasteiger partial charge in [-0.25, -0.2) is 9.37 Å². The second-order valence-electron chi connectivity index (χ2n) is 8.93. The molecular formula is C23H27ClFN3O2S. The number of rotatable bonds is 5. The summed E-state index contributed by atoms with van der Waals surface area (Å²) in [5.74, 6) is 1.14. The summed E-state index contributed by atoms with van der Waals surface area (Å²) in [6, 6.07) is 9.36. The zero-order valence-electron chi connectivity index (χ0n) is 17.3. The van der Waals surface area contributed by atoms with Crippen LogP contribution in [0.4, 0.5) is 15.9 Å². The van der Waals surface area contributed by atoms with Crippen LogP contribution in [0.5, 0.6) is 0 Å².